The van der Waals surface area contributed by atoms with Gasteiger partial charge in [0.25, 0.3) is 0 Å². The fraction of sp³-hybridized carbons (Fsp3) is 0.517. The summed E-state index contributed by atoms with van der Waals surface area (Å²) >= 11 is 0. The number of allylic oxidation sites excluding steroid dienone is 8. The minimum atomic E-state index is 0.158. The lowest BCUT2D eigenvalue weighted by Crippen LogP contribution is -2.34. The van der Waals surface area contributed by atoms with E-state index < -0.39 is 0 Å². The largest absolute Gasteiger partial charge is 0.388 e. The molecule has 2 N–H and O–H groups in total. The van der Waals surface area contributed by atoms with Gasteiger partial charge < -0.3 is 10.6 Å². The minimum absolute atomic E-state index is 0.158. The van der Waals surface area contributed by atoms with Crippen LogP contribution in [0.25, 0.3) is 0 Å². The van der Waals surface area contributed by atoms with Crippen LogP contribution >= 0.6 is 0 Å². The third-order valence-corrected chi connectivity index (χ3v) is 5.13. The average molecular weight is 425 g/mol. The minimum Gasteiger partial charge on any atom is -0.388 e. The third-order valence-electron chi connectivity index (χ3n) is 5.13. The van der Waals surface area contributed by atoms with Gasteiger partial charge in [0, 0.05) is 17.9 Å². The predicted molar refractivity (Wildman–Crippen MR) is 142 cm³/mol. The highest BCUT2D eigenvalue weighted by molar-refractivity contribution is 5.29. The Bertz CT molecular complexity index is 685. The summed E-state index contributed by atoms with van der Waals surface area (Å²) in [4.78, 5) is 0. The van der Waals surface area contributed by atoms with Crippen molar-refractivity contribution in [1.29, 1.82) is 0 Å². The molecule has 0 heterocycles. The van der Waals surface area contributed by atoms with Crippen molar-refractivity contribution in [3.8, 4) is 0 Å². The van der Waals surface area contributed by atoms with Gasteiger partial charge in [-0.2, -0.15) is 0 Å². The maximum atomic E-state index is 4.12. The molecular formula is C29H48N2. The lowest BCUT2D eigenvalue weighted by molar-refractivity contribution is 0.143. The molecule has 0 saturated heterocycles. The lowest BCUT2D eigenvalue weighted by Gasteiger charge is -2.40. The summed E-state index contributed by atoms with van der Waals surface area (Å²) in [5, 5.41) is 6.87. The van der Waals surface area contributed by atoms with Crippen LogP contribution < -0.4 is 10.6 Å². The first-order valence-electron chi connectivity index (χ1n) is 11.5. The molecule has 2 unspecified atom stereocenters. The summed E-state index contributed by atoms with van der Waals surface area (Å²) in [5.41, 5.74) is 2.34. The van der Waals surface area contributed by atoms with Crippen molar-refractivity contribution in [2.24, 2.45) is 28.6 Å². The number of rotatable bonds is 12. The topological polar surface area (TPSA) is 24.1 Å². The van der Waals surface area contributed by atoms with Crippen LogP contribution in [-0.4, -0.2) is 6.54 Å². The monoisotopic (exact) mass is 424 g/mol. The second-order valence-corrected chi connectivity index (χ2v) is 10.5. The summed E-state index contributed by atoms with van der Waals surface area (Å²) in [7, 11) is 0. The molecule has 0 aromatic heterocycles. The molecule has 2 nitrogen and oxygen atoms in total. The molecule has 0 rings (SSSR count). The molecule has 0 radical (unpaired) electrons. The second-order valence-electron chi connectivity index (χ2n) is 10.5. The summed E-state index contributed by atoms with van der Waals surface area (Å²) < 4.78 is 0. The van der Waals surface area contributed by atoms with Crippen LogP contribution in [-0.2, 0) is 0 Å². The van der Waals surface area contributed by atoms with Gasteiger partial charge in [-0.1, -0.05) is 92.3 Å². The van der Waals surface area contributed by atoms with Gasteiger partial charge in [0.15, 0.2) is 0 Å². The number of hydrogen-bond donors (Lipinski definition) is 2. The maximum absolute atomic E-state index is 4.12. The molecule has 0 spiro atoms. The Balaban J connectivity index is 5.26. The fourth-order valence-electron chi connectivity index (χ4n) is 3.44. The molecule has 0 aromatic rings. The predicted octanol–water partition coefficient (Wildman–Crippen LogP) is 7.93. The van der Waals surface area contributed by atoms with Crippen LogP contribution in [0.5, 0.6) is 0 Å². The van der Waals surface area contributed by atoms with Gasteiger partial charge in [0.2, 0.25) is 0 Å². The molecule has 2 atom stereocenters. The molecule has 0 aliphatic heterocycles. The van der Waals surface area contributed by atoms with Crippen molar-refractivity contribution in [2.75, 3.05) is 6.54 Å². The standard InChI is InChI=1S/C29H48N2/c1-12-16-25(31-24(13-2)18-15-17-23(4)5)19-21-30-22-20-27(29(9,10)11)26(14-3)28(6,7)8/h12-20,22-23,26-27,30-31H,2-3,21H2,1,4-11H3/b16-12-,17-15+,22-20+,24-18+,25-19+. The zero-order valence-electron chi connectivity index (χ0n) is 21.6. The summed E-state index contributed by atoms with van der Waals surface area (Å²) in [5.74, 6) is 1.33. The van der Waals surface area contributed by atoms with Crippen LogP contribution in [0.3, 0.4) is 0 Å². The van der Waals surface area contributed by atoms with E-state index in [0.29, 0.717) is 17.8 Å². The van der Waals surface area contributed by atoms with Gasteiger partial charge in [-0.3, -0.25) is 0 Å². The van der Waals surface area contributed by atoms with Crippen LogP contribution in [0.2, 0.25) is 0 Å². The Kier molecular flexibility index (Phi) is 13.0. The summed E-state index contributed by atoms with van der Waals surface area (Å²) in [6, 6.07) is 0. The second kappa shape index (κ2) is 14.0. The third kappa shape index (κ3) is 12.3. The number of hydrogen-bond acceptors (Lipinski definition) is 2. The van der Waals surface area contributed by atoms with Gasteiger partial charge in [0.05, 0.1) is 0 Å². The van der Waals surface area contributed by atoms with Gasteiger partial charge in [-0.15, -0.1) is 6.58 Å². The molecule has 0 aliphatic carbocycles. The van der Waals surface area contributed by atoms with Crippen molar-refractivity contribution in [3.63, 3.8) is 0 Å². The first kappa shape index (κ1) is 28.8. The van der Waals surface area contributed by atoms with Crippen LogP contribution in [0.4, 0.5) is 0 Å². The van der Waals surface area contributed by atoms with Crippen LogP contribution in [0.15, 0.2) is 85.4 Å². The van der Waals surface area contributed by atoms with E-state index >= 15 is 0 Å². The zero-order valence-corrected chi connectivity index (χ0v) is 21.6. The van der Waals surface area contributed by atoms with E-state index in [1.807, 2.05) is 25.2 Å². The molecular weight excluding hydrogens is 376 g/mol. The van der Waals surface area contributed by atoms with E-state index in [4.69, 9.17) is 0 Å². The van der Waals surface area contributed by atoms with Crippen LogP contribution in [0.1, 0.15) is 62.3 Å². The first-order chi connectivity index (χ1) is 14.4. The molecule has 0 aromatic carbocycles. The molecule has 0 amide bonds. The number of nitrogens with one attached hydrogen (secondary N) is 2. The molecule has 174 valence electrons. The van der Waals surface area contributed by atoms with Crippen molar-refractivity contribution in [2.45, 2.75) is 62.3 Å². The lowest BCUT2D eigenvalue weighted by atomic mass is 9.64. The zero-order chi connectivity index (χ0) is 24.1. The summed E-state index contributed by atoms with van der Waals surface area (Å²) in [6.07, 6.45) is 20.9. The molecule has 0 saturated carbocycles. The molecule has 0 bridgehead atoms. The first-order valence-corrected chi connectivity index (χ1v) is 11.5. The smallest absolute Gasteiger partial charge is 0.0378 e. The van der Waals surface area contributed by atoms with E-state index in [0.717, 1.165) is 17.9 Å². The molecule has 2 heteroatoms. The Morgan fingerprint density at radius 1 is 0.903 bits per heavy atom. The molecule has 31 heavy (non-hydrogen) atoms. The highest BCUT2D eigenvalue weighted by Gasteiger charge is 2.35. The SMILES string of the molecule is C=C/C(=C\C=C\C(C)C)NC(/C=C\C)=C/CN/C=C/C(C(C=C)C(C)(C)C)C(C)(C)C. The van der Waals surface area contributed by atoms with E-state index in [-0.39, 0.29) is 10.8 Å². The van der Waals surface area contributed by atoms with Gasteiger partial charge >= 0.3 is 0 Å². The van der Waals surface area contributed by atoms with Gasteiger partial charge in [-0.05, 0) is 66.0 Å². The van der Waals surface area contributed by atoms with Crippen molar-refractivity contribution >= 4 is 0 Å². The Morgan fingerprint density at radius 3 is 1.97 bits per heavy atom. The molecule has 0 fully saturated rings. The Labute approximate surface area is 193 Å². The average Bonchev–Trinajstić information content (AvgIpc) is 2.63. The van der Waals surface area contributed by atoms with Crippen molar-refractivity contribution in [3.05, 3.63) is 85.4 Å². The quantitative estimate of drug-likeness (QED) is 0.189. The van der Waals surface area contributed by atoms with E-state index in [1.165, 1.54) is 0 Å². The fourth-order valence-corrected chi connectivity index (χ4v) is 3.44. The van der Waals surface area contributed by atoms with E-state index in [9.17, 15) is 0 Å². The molecule has 0 aliphatic rings. The van der Waals surface area contributed by atoms with Gasteiger partial charge in [0.1, 0.15) is 0 Å². The maximum Gasteiger partial charge on any atom is 0.0378 e. The summed E-state index contributed by atoms with van der Waals surface area (Å²) in [6.45, 7) is 28.9. The van der Waals surface area contributed by atoms with Gasteiger partial charge in [-0.25, -0.2) is 0 Å². The van der Waals surface area contributed by atoms with E-state index in [2.05, 4.69) is 122 Å². The van der Waals surface area contributed by atoms with Crippen molar-refractivity contribution in [1.82, 2.24) is 10.6 Å². The Hall–Kier alpha value is -2.22. The van der Waals surface area contributed by atoms with Crippen LogP contribution in [0, 0.1) is 28.6 Å². The highest BCUT2D eigenvalue weighted by atomic mass is 14.9. The highest BCUT2D eigenvalue weighted by Crippen LogP contribution is 2.42. The van der Waals surface area contributed by atoms with E-state index in [1.54, 1.807) is 0 Å². The Morgan fingerprint density at radius 2 is 1.52 bits per heavy atom. The normalized spacial score (nSPS) is 16.3. The van der Waals surface area contributed by atoms with Crippen molar-refractivity contribution < 1.29 is 0 Å².